The van der Waals surface area contributed by atoms with Crippen molar-refractivity contribution in [3.8, 4) is 0 Å². The van der Waals surface area contributed by atoms with Gasteiger partial charge in [-0.15, -0.1) is 0 Å². The molecule has 24 heavy (non-hydrogen) atoms. The molecule has 0 saturated carbocycles. The molecule has 2 aromatic heterocycles. The van der Waals surface area contributed by atoms with Crippen molar-refractivity contribution < 1.29 is 9.53 Å². The molecule has 0 N–H and O–H groups in total. The smallest absolute Gasteiger partial charge is 0.339 e. The fraction of sp³-hybridized carbons (Fsp3) is 0.579. The maximum absolute atomic E-state index is 11.9. The first kappa shape index (κ1) is 18.7. The molecule has 4 nitrogen and oxygen atoms in total. The third-order valence-corrected chi connectivity index (χ3v) is 12.3. The number of fused-ring (bicyclic) bond motifs is 1. The van der Waals surface area contributed by atoms with E-state index in [4.69, 9.17) is 4.74 Å². The number of carbonyl (C=O) groups excluding carboxylic acids is 1. The zero-order valence-electron chi connectivity index (χ0n) is 16.2. The van der Waals surface area contributed by atoms with Crippen LogP contribution in [0.1, 0.15) is 57.5 Å². The summed E-state index contributed by atoms with van der Waals surface area (Å²) in [7, 11) is -0.446. The number of nitrogens with zero attached hydrogens (tertiary/aromatic N) is 2. The molecule has 0 spiro atoms. The zero-order valence-corrected chi connectivity index (χ0v) is 17.2. The molecule has 132 valence electrons. The minimum absolute atomic E-state index is 0.324. The number of ether oxygens (including phenoxy) is 1. The fourth-order valence-electron chi connectivity index (χ4n) is 4.68. The summed E-state index contributed by atoms with van der Waals surface area (Å²) in [4.78, 5) is 16.6. The molecule has 0 amide bonds. The van der Waals surface area contributed by atoms with Gasteiger partial charge in [-0.25, -0.2) is 9.78 Å². The van der Waals surface area contributed by atoms with E-state index in [-0.39, 0.29) is 5.97 Å². The van der Waals surface area contributed by atoms with Gasteiger partial charge >= 0.3 is 5.97 Å². The quantitative estimate of drug-likeness (QED) is 0.555. The molecular weight excluding hydrogens is 316 g/mol. The Bertz CT molecular complexity index is 725. The van der Waals surface area contributed by atoms with E-state index >= 15 is 0 Å². The van der Waals surface area contributed by atoms with Crippen LogP contribution in [0, 0.1) is 6.92 Å². The predicted octanol–water partition coefficient (Wildman–Crippen LogP) is 5.15. The predicted molar refractivity (Wildman–Crippen MR) is 102 cm³/mol. The van der Waals surface area contributed by atoms with Crippen LogP contribution in [-0.2, 0) is 4.74 Å². The van der Waals surface area contributed by atoms with Crippen molar-refractivity contribution in [2.75, 3.05) is 7.11 Å². The van der Waals surface area contributed by atoms with Gasteiger partial charge < -0.3 is 8.97 Å². The number of methoxy groups -OCH3 is 1. The average Bonchev–Trinajstić information content (AvgIpc) is 2.91. The molecule has 0 aliphatic rings. The second-order valence-corrected chi connectivity index (χ2v) is 13.3. The Morgan fingerprint density at radius 1 is 1.12 bits per heavy atom. The van der Waals surface area contributed by atoms with Crippen molar-refractivity contribution in [3.05, 3.63) is 29.6 Å². The van der Waals surface area contributed by atoms with Crippen molar-refractivity contribution in [2.45, 2.75) is 65.1 Å². The van der Waals surface area contributed by atoms with Crippen LogP contribution in [0.3, 0.4) is 0 Å². The number of hydrogen-bond acceptors (Lipinski definition) is 3. The summed E-state index contributed by atoms with van der Waals surface area (Å²) in [6.07, 6.45) is 3.86. The zero-order chi connectivity index (χ0) is 18.2. The minimum atomic E-state index is -1.85. The standard InChI is InChI=1S/C19H30N2O2Si/c1-12(2)24(13(3)4,14(5)6)21-10-9-16-15(7)17(19(22)23-8)11-20-18(16)21/h9-14H,1-8H3. The number of aryl methyl sites for hydroxylation is 1. The van der Waals surface area contributed by atoms with Crippen LogP contribution in [0.25, 0.3) is 11.0 Å². The monoisotopic (exact) mass is 346 g/mol. The van der Waals surface area contributed by atoms with E-state index in [9.17, 15) is 4.79 Å². The summed E-state index contributed by atoms with van der Waals surface area (Å²) in [5, 5.41) is 1.05. The van der Waals surface area contributed by atoms with Crippen molar-refractivity contribution in [3.63, 3.8) is 0 Å². The van der Waals surface area contributed by atoms with Crippen molar-refractivity contribution in [1.82, 2.24) is 9.22 Å². The number of pyridine rings is 1. The Morgan fingerprint density at radius 2 is 1.67 bits per heavy atom. The third-order valence-electron chi connectivity index (χ3n) is 5.58. The second kappa shape index (κ2) is 6.71. The van der Waals surface area contributed by atoms with Gasteiger partial charge in [-0.2, -0.15) is 0 Å². The van der Waals surface area contributed by atoms with Crippen LogP contribution in [0.4, 0.5) is 0 Å². The van der Waals surface area contributed by atoms with E-state index in [2.05, 4.69) is 63.0 Å². The SMILES string of the molecule is COC(=O)c1cnc2c(ccn2[Si](C(C)C)(C(C)C)C(C)C)c1C. The molecule has 2 heterocycles. The number of rotatable bonds is 5. The molecule has 5 heteroatoms. The Hall–Kier alpha value is -1.62. The van der Waals surface area contributed by atoms with E-state index in [0.717, 1.165) is 16.6 Å². The van der Waals surface area contributed by atoms with Gasteiger partial charge in [-0.05, 0) is 41.4 Å². The van der Waals surface area contributed by atoms with Crippen LogP contribution in [0.2, 0.25) is 16.6 Å². The van der Waals surface area contributed by atoms with Gasteiger partial charge in [0.05, 0.1) is 12.7 Å². The fourth-order valence-corrected chi connectivity index (χ4v) is 11.2. The van der Waals surface area contributed by atoms with E-state index in [0.29, 0.717) is 22.2 Å². The molecule has 0 unspecified atom stereocenters. The lowest BCUT2D eigenvalue weighted by Crippen LogP contribution is -2.51. The van der Waals surface area contributed by atoms with Gasteiger partial charge in [0.1, 0.15) is 5.65 Å². The van der Waals surface area contributed by atoms with Crippen LogP contribution < -0.4 is 0 Å². The lowest BCUT2D eigenvalue weighted by molar-refractivity contribution is 0.0599. The number of hydrogen-bond donors (Lipinski definition) is 0. The first-order chi connectivity index (χ1) is 11.2. The van der Waals surface area contributed by atoms with Gasteiger partial charge in [0.25, 0.3) is 0 Å². The lowest BCUT2D eigenvalue weighted by atomic mass is 10.1. The lowest BCUT2D eigenvalue weighted by Gasteiger charge is -2.44. The Balaban J connectivity index is 2.78. The molecule has 2 rings (SSSR count). The van der Waals surface area contributed by atoms with Crippen LogP contribution in [0.15, 0.2) is 18.5 Å². The number of carbonyl (C=O) groups is 1. The first-order valence-corrected chi connectivity index (χ1v) is 10.9. The highest BCUT2D eigenvalue weighted by Crippen LogP contribution is 2.44. The van der Waals surface area contributed by atoms with Gasteiger partial charge in [0.2, 0.25) is 0 Å². The van der Waals surface area contributed by atoms with Crippen LogP contribution in [0.5, 0.6) is 0 Å². The van der Waals surface area contributed by atoms with Crippen molar-refractivity contribution in [2.24, 2.45) is 0 Å². The Kier molecular flexibility index (Phi) is 5.23. The third kappa shape index (κ3) is 2.59. The first-order valence-electron chi connectivity index (χ1n) is 8.74. The number of esters is 1. The summed E-state index contributed by atoms with van der Waals surface area (Å²) >= 11 is 0. The molecule has 0 radical (unpaired) electrons. The highest BCUT2D eigenvalue weighted by molar-refractivity contribution is 6.82. The molecule has 0 atom stereocenters. The topological polar surface area (TPSA) is 44.1 Å². The van der Waals surface area contributed by atoms with Crippen molar-refractivity contribution in [1.29, 1.82) is 0 Å². The van der Waals surface area contributed by atoms with Gasteiger partial charge in [0, 0.05) is 11.6 Å². The Labute approximate surface area is 146 Å². The van der Waals surface area contributed by atoms with E-state index in [1.54, 1.807) is 6.20 Å². The van der Waals surface area contributed by atoms with Gasteiger partial charge in [0.15, 0.2) is 8.24 Å². The van der Waals surface area contributed by atoms with Gasteiger partial charge in [-0.3, -0.25) is 0 Å². The van der Waals surface area contributed by atoms with Crippen LogP contribution >= 0.6 is 0 Å². The summed E-state index contributed by atoms with van der Waals surface area (Å²) in [5.41, 5.74) is 4.28. The highest BCUT2D eigenvalue weighted by atomic mass is 28.3. The molecule has 0 aliphatic carbocycles. The van der Waals surface area contributed by atoms with E-state index in [1.165, 1.54) is 7.11 Å². The summed E-state index contributed by atoms with van der Waals surface area (Å²) in [6.45, 7) is 16.0. The van der Waals surface area contributed by atoms with Crippen LogP contribution in [-0.4, -0.2) is 30.5 Å². The summed E-state index contributed by atoms with van der Waals surface area (Å²) < 4.78 is 7.35. The molecule has 0 bridgehead atoms. The molecular formula is C19H30N2O2Si. The molecule has 0 aromatic carbocycles. The largest absolute Gasteiger partial charge is 0.465 e. The molecule has 0 aliphatic heterocycles. The normalized spacial score (nSPS) is 12.6. The maximum atomic E-state index is 11.9. The average molecular weight is 347 g/mol. The van der Waals surface area contributed by atoms with E-state index in [1.807, 2.05) is 6.92 Å². The minimum Gasteiger partial charge on any atom is -0.465 e. The molecule has 2 aromatic rings. The molecule has 0 fully saturated rings. The maximum Gasteiger partial charge on any atom is 0.339 e. The highest BCUT2D eigenvalue weighted by Gasteiger charge is 2.46. The van der Waals surface area contributed by atoms with Crippen molar-refractivity contribution >= 4 is 25.2 Å². The number of aromatic nitrogens is 2. The Morgan fingerprint density at radius 3 is 2.12 bits per heavy atom. The molecule has 0 saturated heterocycles. The van der Waals surface area contributed by atoms with Gasteiger partial charge in [-0.1, -0.05) is 41.5 Å². The van der Waals surface area contributed by atoms with E-state index < -0.39 is 8.24 Å². The summed E-state index contributed by atoms with van der Waals surface area (Å²) in [5.74, 6) is -0.324. The second-order valence-electron chi connectivity index (χ2n) is 7.56. The summed E-state index contributed by atoms with van der Waals surface area (Å²) in [6, 6.07) is 2.11.